The van der Waals surface area contributed by atoms with Crippen molar-refractivity contribution in [1.82, 2.24) is 5.32 Å². The first-order valence-corrected chi connectivity index (χ1v) is 5.40. The summed E-state index contributed by atoms with van der Waals surface area (Å²) in [5.74, 6) is -1.12. The molecule has 0 aliphatic heterocycles. The smallest absolute Gasteiger partial charge is 0.334 e. The molecule has 0 heterocycles. The largest absolute Gasteiger partial charge is 0.479 e. The third-order valence-electron chi connectivity index (χ3n) is 2.28. The number of rotatable bonds is 5. The first-order valence-electron chi connectivity index (χ1n) is 5.40. The molecule has 6 nitrogen and oxygen atoms in total. The Hall–Kier alpha value is -2.08. The second-order valence-electron chi connectivity index (χ2n) is 3.77. The molecule has 0 aliphatic carbocycles. The van der Waals surface area contributed by atoms with Crippen molar-refractivity contribution < 1.29 is 19.4 Å². The van der Waals surface area contributed by atoms with Gasteiger partial charge in [-0.15, -0.1) is 0 Å². The molecule has 2 amide bonds. The van der Waals surface area contributed by atoms with Crippen LogP contribution in [0.1, 0.15) is 5.56 Å². The van der Waals surface area contributed by atoms with Gasteiger partial charge in [0.25, 0.3) is 0 Å². The average Bonchev–Trinajstić information content (AvgIpc) is 2.29. The van der Waals surface area contributed by atoms with Crippen LogP contribution in [0.2, 0.25) is 0 Å². The fourth-order valence-electron chi connectivity index (χ4n) is 1.35. The minimum absolute atomic E-state index is 0.0938. The summed E-state index contributed by atoms with van der Waals surface area (Å²) in [4.78, 5) is 22.1. The number of carbonyl (C=O) groups is 2. The molecule has 0 aliphatic rings. The van der Waals surface area contributed by atoms with E-state index in [1.54, 1.807) is 6.07 Å². The van der Waals surface area contributed by atoms with Crippen molar-refractivity contribution in [2.45, 2.75) is 13.0 Å². The number of urea groups is 1. The van der Waals surface area contributed by atoms with Crippen molar-refractivity contribution in [1.29, 1.82) is 0 Å². The Balaban J connectivity index is 2.45. The van der Waals surface area contributed by atoms with Gasteiger partial charge >= 0.3 is 12.0 Å². The zero-order valence-electron chi connectivity index (χ0n) is 10.3. The second-order valence-corrected chi connectivity index (χ2v) is 3.77. The van der Waals surface area contributed by atoms with E-state index in [0.29, 0.717) is 5.69 Å². The molecule has 6 heteroatoms. The Morgan fingerprint density at radius 2 is 2.17 bits per heavy atom. The van der Waals surface area contributed by atoms with Gasteiger partial charge in [0.15, 0.2) is 6.10 Å². The van der Waals surface area contributed by atoms with E-state index >= 15 is 0 Å². The van der Waals surface area contributed by atoms with Gasteiger partial charge in [-0.3, -0.25) is 0 Å². The van der Waals surface area contributed by atoms with Gasteiger partial charge in [0, 0.05) is 12.8 Å². The predicted molar refractivity (Wildman–Crippen MR) is 66.6 cm³/mol. The van der Waals surface area contributed by atoms with Crippen molar-refractivity contribution in [3.05, 3.63) is 29.8 Å². The molecule has 18 heavy (non-hydrogen) atoms. The Kier molecular flexibility index (Phi) is 5.13. The number of amides is 2. The molecule has 98 valence electrons. The maximum absolute atomic E-state index is 11.5. The van der Waals surface area contributed by atoms with Gasteiger partial charge in [-0.1, -0.05) is 12.1 Å². The number of methoxy groups -OCH3 is 1. The number of aliphatic carboxylic acids is 1. The minimum Gasteiger partial charge on any atom is -0.479 e. The lowest BCUT2D eigenvalue weighted by molar-refractivity contribution is -0.147. The average molecular weight is 252 g/mol. The van der Waals surface area contributed by atoms with Crippen LogP contribution in [0, 0.1) is 6.92 Å². The summed E-state index contributed by atoms with van der Waals surface area (Å²) in [7, 11) is 1.28. The lowest BCUT2D eigenvalue weighted by atomic mass is 10.2. The van der Waals surface area contributed by atoms with Crippen molar-refractivity contribution in [2.75, 3.05) is 19.0 Å². The van der Waals surface area contributed by atoms with Gasteiger partial charge in [0.05, 0.1) is 6.54 Å². The van der Waals surface area contributed by atoms with Gasteiger partial charge in [0.2, 0.25) is 0 Å². The summed E-state index contributed by atoms with van der Waals surface area (Å²) in [6.45, 7) is 1.82. The third kappa shape index (κ3) is 4.42. The first-order chi connectivity index (χ1) is 8.52. The Bertz CT molecular complexity index is 434. The van der Waals surface area contributed by atoms with E-state index in [0.717, 1.165) is 5.56 Å². The van der Waals surface area contributed by atoms with Crippen LogP contribution >= 0.6 is 0 Å². The first kappa shape index (κ1) is 14.0. The summed E-state index contributed by atoms with van der Waals surface area (Å²) in [5, 5.41) is 13.7. The quantitative estimate of drug-likeness (QED) is 0.735. The van der Waals surface area contributed by atoms with Crippen LogP contribution in [0.3, 0.4) is 0 Å². The molecule has 0 spiro atoms. The highest BCUT2D eigenvalue weighted by Gasteiger charge is 2.16. The van der Waals surface area contributed by atoms with E-state index in [-0.39, 0.29) is 6.54 Å². The van der Waals surface area contributed by atoms with Gasteiger partial charge in [-0.05, 0) is 24.6 Å². The van der Waals surface area contributed by atoms with E-state index in [9.17, 15) is 9.59 Å². The van der Waals surface area contributed by atoms with Gasteiger partial charge < -0.3 is 20.5 Å². The van der Waals surface area contributed by atoms with Crippen LogP contribution in [-0.2, 0) is 9.53 Å². The lowest BCUT2D eigenvalue weighted by Gasteiger charge is -2.12. The van der Waals surface area contributed by atoms with Crippen LogP contribution in [0.25, 0.3) is 0 Å². The molecule has 1 unspecified atom stereocenters. The normalized spacial score (nSPS) is 11.7. The van der Waals surface area contributed by atoms with Gasteiger partial charge in [-0.25, -0.2) is 9.59 Å². The zero-order chi connectivity index (χ0) is 13.5. The molecule has 0 bridgehead atoms. The lowest BCUT2D eigenvalue weighted by Crippen LogP contribution is -2.39. The molecule has 0 saturated carbocycles. The number of nitrogens with one attached hydrogen (secondary N) is 2. The number of hydrogen-bond donors (Lipinski definition) is 3. The van der Waals surface area contributed by atoms with Crippen molar-refractivity contribution >= 4 is 17.7 Å². The van der Waals surface area contributed by atoms with Crippen LogP contribution in [0.5, 0.6) is 0 Å². The van der Waals surface area contributed by atoms with Crippen molar-refractivity contribution in [2.24, 2.45) is 0 Å². The summed E-state index contributed by atoms with van der Waals surface area (Å²) in [5.41, 5.74) is 1.67. The van der Waals surface area contributed by atoms with Crippen LogP contribution in [0.15, 0.2) is 24.3 Å². The molecule has 1 atom stereocenters. The fourth-order valence-corrected chi connectivity index (χ4v) is 1.35. The number of aryl methyl sites for hydroxylation is 1. The maximum atomic E-state index is 11.5. The Morgan fingerprint density at radius 3 is 2.72 bits per heavy atom. The molecule has 1 rings (SSSR count). The van der Waals surface area contributed by atoms with Gasteiger partial charge in [0.1, 0.15) is 0 Å². The van der Waals surface area contributed by atoms with E-state index < -0.39 is 18.1 Å². The fraction of sp³-hybridized carbons (Fsp3) is 0.333. The summed E-state index contributed by atoms with van der Waals surface area (Å²) in [6, 6.07) is 6.82. The predicted octanol–water partition coefficient (Wildman–Crippen LogP) is 1.22. The number of anilines is 1. The number of carboxylic acids is 1. The molecule has 0 radical (unpaired) electrons. The van der Waals surface area contributed by atoms with Crippen molar-refractivity contribution in [3.63, 3.8) is 0 Å². The summed E-state index contributed by atoms with van der Waals surface area (Å²) < 4.78 is 4.69. The molecule has 0 aromatic heterocycles. The number of ether oxygens (including phenoxy) is 1. The van der Waals surface area contributed by atoms with Crippen LogP contribution < -0.4 is 10.6 Å². The molecule has 0 fully saturated rings. The zero-order valence-corrected chi connectivity index (χ0v) is 10.3. The highest BCUT2D eigenvalue weighted by molar-refractivity contribution is 5.89. The van der Waals surface area contributed by atoms with Crippen molar-refractivity contribution in [3.8, 4) is 0 Å². The molecule has 0 saturated heterocycles. The summed E-state index contributed by atoms with van der Waals surface area (Å²) in [6.07, 6.45) is -1.05. The Labute approximate surface area is 105 Å². The third-order valence-corrected chi connectivity index (χ3v) is 2.28. The van der Waals surface area contributed by atoms with E-state index in [4.69, 9.17) is 5.11 Å². The number of carboxylic acid groups (broad SMARTS) is 1. The molecule has 3 N–H and O–H groups in total. The van der Waals surface area contributed by atoms with Gasteiger partial charge in [-0.2, -0.15) is 0 Å². The molecule has 1 aromatic carbocycles. The maximum Gasteiger partial charge on any atom is 0.334 e. The van der Waals surface area contributed by atoms with E-state index in [1.165, 1.54) is 7.11 Å². The minimum atomic E-state index is -1.12. The van der Waals surface area contributed by atoms with E-state index in [2.05, 4.69) is 15.4 Å². The Morgan fingerprint density at radius 1 is 1.44 bits per heavy atom. The highest BCUT2D eigenvalue weighted by atomic mass is 16.5. The molecule has 1 aromatic rings. The van der Waals surface area contributed by atoms with Crippen LogP contribution in [0.4, 0.5) is 10.5 Å². The molecular weight excluding hydrogens is 236 g/mol. The second kappa shape index (κ2) is 6.61. The molecular formula is C12H16N2O4. The standard InChI is InChI=1S/C12H16N2O4/c1-8-4-3-5-9(6-8)14-12(17)13-7-10(18-2)11(15)16/h3-6,10H,7H2,1-2H3,(H,15,16)(H2,13,14,17). The SMILES string of the molecule is COC(CNC(=O)Nc1cccc(C)c1)C(=O)O. The topological polar surface area (TPSA) is 87.7 Å². The number of carbonyl (C=O) groups excluding carboxylic acids is 1. The van der Waals surface area contributed by atoms with E-state index in [1.807, 2.05) is 25.1 Å². The number of benzene rings is 1. The monoisotopic (exact) mass is 252 g/mol. The van der Waals surface area contributed by atoms with Crippen LogP contribution in [-0.4, -0.2) is 36.9 Å². The number of hydrogen-bond acceptors (Lipinski definition) is 3. The highest BCUT2D eigenvalue weighted by Crippen LogP contribution is 2.08. The summed E-state index contributed by atoms with van der Waals surface area (Å²) >= 11 is 0.